The Bertz CT molecular complexity index is 930. The minimum Gasteiger partial charge on any atom is -0.480 e. The lowest BCUT2D eigenvalue weighted by Crippen LogP contribution is -2.46. The third kappa shape index (κ3) is 5.31. The van der Waals surface area contributed by atoms with Crippen LogP contribution < -0.4 is 15.8 Å². The van der Waals surface area contributed by atoms with Crippen LogP contribution in [0.25, 0.3) is 0 Å². The highest BCUT2D eigenvalue weighted by molar-refractivity contribution is 5.91. The first-order chi connectivity index (χ1) is 14.3. The molecule has 6 nitrogen and oxygen atoms in total. The maximum atomic E-state index is 14.2. The van der Waals surface area contributed by atoms with Crippen molar-refractivity contribution < 1.29 is 23.1 Å². The number of hydrogen-bond acceptors (Lipinski definition) is 5. The van der Waals surface area contributed by atoms with E-state index in [1.165, 1.54) is 19.2 Å². The minimum atomic E-state index is -0.907. The molecule has 0 saturated heterocycles. The van der Waals surface area contributed by atoms with Crippen LogP contribution in [0.4, 0.5) is 14.6 Å². The highest BCUT2D eigenvalue weighted by atomic mass is 19.1. The van der Waals surface area contributed by atoms with Gasteiger partial charge in [-0.05, 0) is 49.1 Å². The Labute approximate surface area is 173 Å². The van der Waals surface area contributed by atoms with Crippen LogP contribution in [0.2, 0.25) is 0 Å². The molecule has 1 saturated carbocycles. The van der Waals surface area contributed by atoms with Crippen LogP contribution in [0.5, 0.6) is 5.75 Å². The van der Waals surface area contributed by atoms with Gasteiger partial charge in [0.25, 0.3) is 0 Å². The van der Waals surface area contributed by atoms with Gasteiger partial charge in [0.2, 0.25) is 5.91 Å². The van der Waals surface area contributed by atoms with Gasteiger partial charge >= 0.3 is 0 Å². The van der Waals surface area contributed by atoms with Gasteiger partial charge in [0.05, 0.1) is 6.04 Å². The molecule has 1 unspecified atom stereocenters. The number of nitrogen functional groups attached to an aromatic ring is 1. The summed E-state index contributed by atoms with van der Waals surface area (Å²) < 4.78 is 33.2. The Hall–Kier alpha value is -3.03. The summed E-state index contributed by atoms with van der Waals surface area (Å²) >= 11 is 0. The number of Topliss-reactive ketones (excluding diaryl/α,β-unsaturated/α-hetero) is 1. The van der Waals surface area contributed by atoms with E-state index >= 15 is 0 Å². The highest BCUT2D eigenvalue weighted by Gasteiger charge is 2.28. The van der Waals surface area contributed by atoms with E-state index in [4.69, 9.17) is 10.5 Å². The first-order valence-corrected chi connectivity index (χ1v) is 9.96. The van der Waals surface area contributed by atoms with Gasteiger partial charge in [-0.3, -0.25) is 9.59 Å². The molecule has 1 aromatic heterocycles. The van der Waals surface area contributed by atoms with Gasteiger partial charge in [0.15, 0.2) is 23.2 Å². The Kier molecular flexibility index (Phi) is 6.97. The zero-order chi connectivity index (χ0) is 21.7. The van der Waals surface area contributed by atoms with Crippen LogP contribution in [-0.2, 0) is 16.0 Å². The fourth-order valence-corrected chi connectivity index (χ4v) is 3.59. The number of aryl methyl sites for hydroxylation is 1. The fourth-order valence-electron chi connectivity index (χ4n) is 3.59. The number of pyridine rings is 1. The van der Waals surface area contributed by atoms with Crippen molar-refractivity contribution in [3.63, 3.8) is 0 Å². The Morgan fingerprint density at radius 1 is 1.27 bits per heavy atom. The SMILES string of the molecule is Cc1ccc(F)c(OCC(=O)C(Cc2ccnc(N)c2)NC(=O)C2CCCC2)c1F. The second-order valence-corrected chi connectivity index (χ2v) is 7.60. The van der Waals surface area contributed by atoms with Crippen molar-refractivity contribution >= 4 is 17.5 Å². The lowest BCUT2D eigenvalue weighted by Gasteiger charge is -2.20. The van der Waals surface area contributed by atoms with E-state index in [1.54, 1.807) is 12.1 Å². The van der Waals surface area contributed by atoms with Crippen LogP contribution >= 0.6 is 0 Å². The molecule has 30 heavy (non-hydrogen) atoms. The van der Waals surface area contributed by atoms with Crippen molar-refractivity contribution in [2.24, 2.45) is 5.92 Å². The van der Waals surface area contributed by atoms with E-state index in [1.807, 2.05) is 0 Å². The second kappa shape index (κ2) is 9.65. The summed E-state index contributed by atoms with van der Waals surface area (Å²) in [5.74, 6) is -2.86. The molecule has 1 aliphatic carbocycles. The third-order valence-electron chi connectivity index (χ3n) is 5.32. The van der Waals surface area contributed by atoms with Gasteiger partial charge in [-0.25, -0.2) is 13.8 Å². The molecular formula is C22H25F2N3O3. The summed E-state index contributed by atoms with van der Waals surface area (Å²) in [6.45, 7) is 0.898. The van der Waals surface area contributed by atoms with Crippen molar-refractivity contribution in [2.45, 2.75) is 45.1 Å². The monoisotopic (exact) mass is 417 g/mol. The van der Waals surface area contributed by atoms with Crippen molar-refractivity contribution in [1.82, 2.24) is 10.3 Å². The molecule has 1 atom stereocenters. The topological polar surface area (TPSA) is 94.3 Å². The molecule has 0 radical (unpaired) electrons. The predicted octanol–water partition coefficient (Wildman–Crippen LogP) is 3.12. The number of carbonyl (C=O) groups is 2. The number of nitrogens with zero attached hydrogens (tertiary/aromatic N) is 1. The van der Waals surface area contributed by atoms with Crippen LogP contribution in [0, 0.1) is 24.5 Å². The summed E-state index contributed by atoms with van der Waals surface area (Å²) in [4.78, 5) is 29.3. The average Bonchev–Trinajstić information content (AvgIpc) is 3.25. The first-order valence-electron chi connectivity index (χ1n) is 9.96. The molecule has 1 aromatic carbocycles. The summed E-state index contributed by atoms with van der Waals surface area (Å²) in [5, 5.41) is 2.79. The van der Waals surface area contributed by atoms with E-state index < -0.39 is 35.8 Å². The van der Waals surface area contributed by atoms with E-state index in [-0.39, 0.29) is 23.8 Å². The van der Waals surface area contributed by atoms with E-state index in [0.717, 1.165) is 31.7 Å². The lowest BCUT2D eigenvalue weighted by atomic mass is 10.0. The molecule has 160 valence electrons. The molecule has 1 heterocycles. The molecule has 3 N–H and O–H groups in total. The van der Waals surface area contributed by atoms with Crippen LogP contribution in [-0.4, -0.2) is 29.3 Å². The van der Waals surface area contributed by atoms with E-state index in [2.05, 4.69) is 10.3 Å². The summed E-state index contributed by atoms with van der Waals surface area (Å²) in [6.07, 6.45) is 5.21. The number of carbonyl (C=O) groups excluding carboxylic acids is 2. The third-order valence-corrected chi connectivity index (χ3v) is 5.32. The van der Waals surface area contributed by atoms with Crippen LogP contribution in [0.3, 0.4) is 0 Å². The van der Waals surface area contributed by atoms with Crippen molar-refractivity contribution in [1.29, 1.82) is 0 Å². The number of nitrogens with one attached hydrogen (secondary N) is 1. The maximum absolute atomic E-state index is 14.2. The van der Waals surface area contributed by atoms with Crippen molar-refractivity contribution in [2.75, 3.05) is 12.3 Å². The van der Waals surface area contributed by atoms with Gasteiger partial charge in [0.1, 0.15) is 12.4 Å². The second-order valence-electron chi connectivity index (χ2n) is 7.60. The summed E-state index contributed by atoms with van der Waals surface area (Å²) in [5.41, 5.74) is 6.62. The van der Waals surface area contributed by atoms with Gasteiger partial charge in [-0.15, -0.1) is 0 Å². The number of nitrogens with two attached hydrogens (primary N) is 1. The molecule has 2 aromatic rings. The smallest absolute Gasteiger partial charge is 0.223 e. The normalized spacial score (nSPS) is 15.0. The fraction of sp³-hybridized carbons (Fsp3) is 0.409. The predicted molar refractivity (Wildman–Crippen MR) is 108 cm³/mol. The standard InChI is InChI=1S/C22H25F2N3O3/c1-13-6-7-16(23)21(20(13)24)30-12-18(28)17(10-14-8-9-26-19(25)11-14)27-22(29)15-4-2-3-5-15/h6-9,11,15,17H,2-5,10,12H2,1H3,(H2,25,26)(H,27,29). The number of benzene rings is 1. The number of halogens is 2. The largest absolute Gasteiger partial charge is 0.480 e. The summed E-state index contributed by atoms with van der Waals surface area (Å²) in [7, 11) is 0. The number of anilines is 1. The molecular weight excluding hydrogens is 392 g/mol. The first kappa shape index (κ1) is 21.7. The van der Waals surface area contributed by atoms with E-state index in [9.17, 15) is 18.4 Å². The molecule has 0 bridgehead atoms. The molecule has 1 fully saturated rings. The van der Waals surface area contributed by atoms with Gasteiger partial charge in [-0.1, -0.05) is 18.9 Å². The number of ketones is 1. The Balaban J connectivity index is 1.73. The van der Waals surface area contributed by atoms with Crippen molar-refractivity contribution in [3.05, 3.63) is 53.2 Å². The number of hydrogen-bond donors (Lipinski definition) is 2. The van der Waals surface area contributed by atoms with Gasteiger partial charge < -0.3 is 15.8 Å². The van der Waals surface area contributed by atoms with Gasteiger partial charge in [0, 0.05) is 18.5 Å². The number of ether oxygens (including phenoxy) is 1. The maximum Gasteiger partial charge on any atom is 0.223 e. The molecule has 8 heteroatoms. The van der Waals surface area contributed by atoms with Crippen molar-refractivity contribution in [3.8, 4) is 5.75 Å². The molecule has 3 rings (SSSR count). The number of rotatable bonds is 8. The average molecular weight is 417 g/mol. The Morgan fingerprint density at radius 3 is 2.70 bits per heavy atom. The number of aromatic nitrogens is 1. The zero-order valence-corrected chi connectivity index (χ0v) is 16.8. The molecule has 1 amide bonds. The minimum absolute atomic E-state index is 0.129. The zero-order valence-electron chi connectivity index (χ0n) is 16.8. The molecule has 0 spiro atoms. The van der Waals surface area contributed by atoms with Crippen LogP contribution in [0.15, 0.2) is 30.5 Å². The lowest BCUT2D eigenvalue weighted by molar-refractivity contribution is -0.131. The highest BCUT2D eigenvalue weighted by Crippen LogP contribution is 2.26. The molecule has 0 aliphatic heterocycles. The quantitative estimate of drug-likeness (QED) is 0.688. The molecule has 1 aliphatic rings. The van der Waals surface area contributed by atoms with Crippen LogP contribution in [0.1, 0.15) is 36.8 Å². The van der Waals surface area contributed by atoms with E-state index in [0.29, 0.717) is 11.4 Å². The summed E-state index contributed by atoms with van der Waals surface area (Å²) in [6, 6.07) is 4.77. The number of amides is 1. The van der Waals surface area contributed by atoms with Gasteiger partial charge in [-0.2, -0.15) is 0 Å². The Morgan fingerprint density at radius 2 is 2.00 bits per heavy atom.